The molecule has 0 bridgehead atoms. The minimum absolute atomic E-state index is 0.0118. The minimum Gasteiger partial charge on any atom is -0.388 e. The van der Waals surface area contributed by atoms with Crippen molar-refractivity contribution >= 4 is 22.6 Å². The van der Waals surface area contributed by atoms with Crippen LogP contribution in [0.25, 0.3) is 0 Å². The fourth-order valence-corrected chi connectivity index (χ4v) is 5.78. The van der Waals surface area contributed by atoms with E-state index < -0.39 is 11.9 Å². The summed E-state index contributed by atoms with van der Waals surface area (Å²) in [7, 11) is 0. The fraction of sp³-hybridized carbons (Fsp3) is 0.586. The molecule has 198 valence electrons. The van der Waals surface area contributed by atoms with Gasteiger partial charge >= 0.3 is 0 Å². The molecule has 0 amide bonds. The first-order chi connectivity index (χ1) is 17.4. The van der Waals surface area contributed by atoms with Gasteiger partial charge in [0.15, 0.2) is 5.79 Å². The van der Waals surface area contributed by atoms with Gasteiger partial charge in [0.1, 0.15) is 12.2 Å². The van der Waals surface area contributed by atoms with Crippen molar-refractivity contribution in [3.8, 4) is 0 Å². The molecule has 0 spiro atoms. The van der Waals surface area contributed by atoms with E-state index in [1.54, 1.807) is 0 Å². The lowest BCUT2D eigenvalue weighted by atomic mass is 10.0. The Labute approximate surface area is 228 Å². The molecule has 36 heavy (non-hydrogen) atoms. The lowest BCUT2D eigenvalue weighted by molar-refractivity contribution is -0.151. The molecule has 0 aromatic heterocycles. The second-order valence-electron chi connectivity index (χ2n) is 10.2. The third-order valence-electron chi connectivity index (χ3n) is 6.72. The zero-order valence-electron chi connectivity index (χ0n) is 21.3. The molecule has 0 unspecified atom stereocenters. The first-order valence-electron chi connectivity index (χ1n) is 13.0. The van der Waals surface area contributed by atoms with Gasteiger partial charge in [-0.05, 0) is 50.7 Å². The van der Waals surface area contributed by atoms with Crippen molar-refractivity contribution in [2.24, 2.45) is 0 Å². The van der Waals surface area contributed by atoms with Crippen molar-refractivity contribution in [1.29, 1.82) is 0 Å². The van der Waals surface area contributed by atoms with Crippen molar-refractivity contribution in [2.45, 2.75) is 93.0 Å². The maximum atomic E-state index is 10.6. The smallest absolute Gasteiger partial charge is 0.163 e. The number of benzene rings is 2. The van der Waals surface area contributed by atoms with Crippen molar-refractivity contribution in [2.75, 3.05) is 13.2 Å². The molecule has 7 heteroatoms. The van der Waals surface area contributed by atoms with Crippen molar-refractivity contribution in [3.63, 3.8) is 0 Å². The normalized spacial score (nSPS) is 27.2. The fourth-order valence-electron chi connectivity index (χ4n) is 4.89. The van der Waals surface area contributed by atoms with Gasteiger partial charge in [-0.15, -0.1) is 0 Å². The molecule has 2 heterocycles. The molecule has 0 aliphatic carbocycles. The number of hydrogen-bond donors (Lipinski definition) is 1. The molecule has 2 saturated heterocycles. The van der Waals surface area contributed by atoms with Gasteiger partial charge in [-0.2, -0.15) is 0 Å². The standard InChI is InChI=1S/C29H39IO6/c1-29(2)35-27(28(36-29)20-33-18-22-11-7-4-8-12-22)14-13-23(30)25-15-16-26(34-25)24(31)19-32-17-21-9-5-3-6-10-21/h3-12,23-28,31H,13-20H2,1-2H3/t23-,24-,25+,26+,27+,28-/m1/s1. The Hall–Kier alpha value is -1.07. The lowest BCUT2D eigenvalue weighted by Crippen LogP contribution is -2.33. The summed E-state index contributed by atoms with van der Waals surface area (Å²) in [5.41, 5.74) is 2.26. The number of alkyl halides is 1. The Balaban J connectivity index is 1.17. The van der Waals surface area contributed by atoms with E-state index >= 15 is 0 Å². The van der Waals surface area contributed by atoms with E-state index in [1.165, 1.54) is 0 Å². The van der Waals surface area contributed by atoms with Crippen molar-refractivity contribution in [3.05, 3.63) is 71.8 Å². The predicted octanol–water partition coefficient (Wildman–Crippen LogP) is 5.43. The number of halogens is 1. The van der Waals surface area contributed by atoms with Crippen molar-refractivity contribution in [1.82, 2.24) is 0 Å². The van der Waals surface area contributed by atoms with Gasteiger partial charge < -0.3 is 28.8 Å². The summed E-state index contributed by atoms with van der Waals surface area (Å²) >= 11 is 2.49. The molecular formula is C29H39IO6. The van der Waals surface area contributed by atoms with E-state index in [1.807, 2.05) is 62.4 Å². The third-order valence-corrected chi connectivity index (χ3v) is 8.15. The number of ether oxygens (including phenoxy) is 5. The summed E-state index contributed by atoms with van der Waals surface area (Å²) in [5.74, 6) is -0.606. The summed E-state index contributed by atoms with van der Waals surface area (Å²) < 4.78 is 30.6. The van der Waals surface area contributed by atoms with Crippen LogP contribution in [0, 0.1) is 0 Å². The average molecular weight is 611 g/mol. The second kappa shape index (κ2) is 13.6. The predicted molar refractivity (Wildman–Crippen MR) is 147 cm³/mol. The molecule has 2 aliphatic rings. The van der Waals surface area contributed by atoms with Crippen LogP contribution in [0.2, 0.25) is 0 Å². The molecular weight excluding hydrogens is 571 g/mol. The van der Waals surface area contributed by atoms with Crippen LogP contribution in [0.3, 0.4) is 0 Å². The van der Waals surface area contributed by atoms with Crippen LogP contribution in [0.1, 0.15) is 50.7 Å². The molecule has 2 fully saturated rings. The molecule has 2 aliphatic heterocycles. The maximum absolute atomic E-state index is 10.6. The highest BCUT2D eigenvalue weighted by Gasteiger charge is 2.42. The SMILES string of the molecule is CC1(C)O[C@@H](CC[C@@H](I)[C@@H]2CC[C@@H]([C@H](O)COCc3ccccc3)O2)[C@@H](COCc2ccccc2)O1. The Bertz CT molecular complexity index is 895. The van der Waals surface area contributed by atoms with Crippen LogP contribution in [-0.2, 0) is 36.9 Å². The van der Waals surface area contributed by atoms with Gasteiger partial charge in [0.25, 0.3) is 0 Å². The molecule has 2 aromatic rings. The highest BCUT2D eigenvalue weighted by atomic mass is 127. The molecule has 4 rings (SSSR count). The van der Waals surface area contributed by atoms with Crippen LogP contribution >= 0.6 is 22.6 Å². The highest BCUT2D eigenvalue weighted by Crippen LogP contribution is 2.35. The Morgan fingerprint density at radius 2 is 1.47 bits per heavy atom. The van der Waals surface area contributed by atoms with Crippen LogP contribution in [-0.4, -0.2) is 58.6 Å². The zero-order chi connectivity index (χ0) is 25.4. The summed E-state index contributed by atoms with van der Waals surface area (Å²) in [5, 5.41) is 10.6. The summed E-state index contributed by atoms with van der Waals surface area (Å²) in [4.78, 5) is 0. The maximum Gasteiger partial charge on any atom is 0.163 e. The first-order valence-corrected chi connectivity index (χ1v) is 14.2. The number of aliphatic hydroxyl groups is 1. The molecule has 6 nitrogen and oxygen atoms in total. The van der Waals surface area contributed by atoms with Crippen LogP contribution in [0.5, 0.6) is 0 Å². The summed E-state index contributed by atoms with van der Waals surface area (Å²) in [6.07, 6.45) is 2.88. The van der Waals surface area contributed by atoms with Gasteiger partial charge in [0.2, 0.25) is 0 Å². The van der Waals surface area contributed by atoms with E-state index in [0.717, 1.165) is 36.8 Å². The van der Waals surface area contributed by atoms with E-state index in [2.05, 4.69) is 34.7 Å². The van der Waals surface area contributed by atoms with E-state index in [4.69, 9.17) is 23.7 Å². The minimum atomic E-state index is -0.610. The molecule has 0 radical (unpaired) electrons. The molecule has 2 aromatic carbocycles. The quantitative estimate of drug-likeness (QED) is 0.241. The highest BCUT2D eigenvalue weighted by molar-refractivity contribution is 14.1. The molecule has 0 saturated carbocycles. The molecule has 1 N–H and O–H groups in total. The lowest BCUT2D eigenvalue weighted by Gasteiger charge is -2.23. The van der Waals surface area contributed by atoms with Gasteiger partial charge in [0, 0.05) is 3.92 Å². The van der Waals surface area contributed by atoms with E-state index in [-0.39, 0.29) is 31.0 Å². The van der Waals surface area contributed by atoms with Gasteiger partial charge in [-0.3, -0.25) is 0 Å². The number of hydrogen-bond acceptors (Lipinski definition) is 6. The Morgan fingerprint density at radius 1 is 0.889 bits per heavy atom. The zero-order valence-corrected chi connectivity index (χ0v) is 23.4. The van der Waals surface area contributed by atoms with Crippen molar-refractivity contribution < 1.29 is 28.8 Å². The second-order valence-corrected chi connectivity index (χ2v) is 11.8. The third kappa shape index (κ3) is 8.48. The number of rotatable bonds is 13. The topological polar surface area (TPSA) is 66.4 Å². The van der Waals surface area contributed by atoms with Gasteiger partial charge in [-0.1, -0.05) is 83.3 Å². The Kier molecular flexibility index (Phi) is 10.6. The van der Waals surface area contributed by atoms with Gasteiger partial charge in [-0.25, -0.2) is 0 Å². The summed E-state index contributed by atoms with van der Waals surface area (Å²) in [6, 6.07) is 20.2. The summed E-state index contributed by atoms with van der Waals surface area (Å²) in [6.45, 7) is 5.78. The first kappa shape index (κ1) is 28.0. The largest absolute Gasteiger partial charge is 0.388 e. The molecule has 6 atom stereocenters. The Morgan fingerprint density at radius 3 is 2.14 bits per heavy atom. The average Bonchev–Trinajstić information content (AvgIpc) is 3.48. The van der Waals surface area contributed by atoms with Crippen LogP contribution < -0.4 is 0 Å². The van der Waals surface area contributed by atoms with Gasteiger partial charge in [0.05, 0.1) is 44.7 Å². The number of aliphatic hydroxyl groups excluding tert-OH is 1. The van der Waals surface area contributed by atoms with E-state index in [0.29, 0.717) is 23.7 Å². The van der Waals surface area contributed by atoms with E-state index in [9.17, 15) is 5.11 Å². The van der Waals surface area contributed by atoms with Crippen LogP contribution in [0.15, 0.2) is 60.7 Å². The monoisotopic (exact) mass is 610 g/mol. The van der Waals surface area contributed by atoms with Crippen LogP contribution in [0.4, 0.5) is 0 Å².